The number of hydrazone groups is 1. The van der Waals surface area contributed by atoms with Crippen molar-refractivity contribution >= 4 is 50.1 Å². The van der Waals surface area contributed by atoms with E-state index in [9.17, 15) is 9.59 Å². The number of rotatable bonds is 6. The van der Waals surface area contributed by atoms with Crippen molar-refractivity contribution in [3.05, 3.63) is 83.2 Å². The van der Waals surface area contributed by atoms with Crippen LogP contribution in [0.3, 0.4) is 0 Å². The summed E-state index contributed by atoms with van der Waals surface area (Å²) in [6.45, 7) is 0. The van der Waals surface area contributed by atoms with Crippen molar-refractivity contribution in [3.8, 4) is 0 Å². The van der Waals surface area contributed by atoms with Gasteiger partial charge in [0.2, 0.25) is 5.91 Å². The molecule has 0 radical (unpaired) electrons. The first-order chi connectivity index (χ1) is 13.7. The normalized spacial score (nSPS) is 11.3. The summed E-state index contributed by atoms with van der Waals surface area (Å²) in [6, 6.07) is 21.5. The Balaban J connectivity index is 1.32. The van der Waals surface area contributed by atoms with Gasteiger partial charge in [0.15, 0.2) is 5.78 Å². The largest absolute Gasteiger partial charge is 0.294 e. The lowest BCUT2D eigenvalue weighted by atomic mass is 10.0. The van der Waals surface area contributed by atoms with Gasteiger partial charge in [0.1, 0.15) is 0 Å². The van der Waals surface area contributed by atoms with Crippen molar-refractivity contribution in [3.63, 3.8) is 0 Å². The highest BCUT2D eigenvalue weighted by Crippen LogP contribution is 2.24. The highest BCUT2D eigenvalue weighted by Gasteiger charge is 2.10. The van der Waals surface area contributed by atoms with Gasteiger partial charge >= 0.3 is 0 Å². The predicted molar refractivity (Wildman–Crippen MR) is 115 cm³/mol. The molecule has 0 spiro atoms. The molecule has 1 amide bonds. The number of Topliss-reactive ketones (excluding diaryl/α,β-unsaturated/α-hetero) is 1. The molecule has 0 saturated carbocycles. The monoisotopic (exact) mass is 386 g/mol. The van der Waals surface area contributed by atoms with Crippen LogP contribution < -0.4 is 5.43 Å². The van der Waals surface area contributed by atoms with Crippen LogP contribution in [-0.4, -0.2) is 17.9 Å². The average Bonchev–Trinajstić information content (AvgIpc) is 3.15. The first-order valence-corrected chi connectivity index (χ1v) is 9.89. The molecule has 138 valence electrons. The number of hydrogen-bond acceptors (Lipinski definition) is 4. The summed E-state index contributed by atoms with van der Waals surface area (Å²) >= 11 is 1.64. The van der Waals surface area contributed by atoms with Crippen LogP contribution in [0.1, 0.15) is 28.8 Å². The van der Waals surface area contributed by atoms with Gasteiger partial charge in [-0.05, 0) is 22.9 Å². The summed E-state index contributed by atoms with van der Waals surface area (Å²) in [4.78, 5) is 24.4. The fraction of sp³-hybridized carbons (Fsp3) is 0.0870. The third kappa shape index (κ3) is 4.00. The summed E-state index contributed by atoms with van der Waals surface area (Å²) in [5, 5.41) is 9.25. The zero-order valence-corrected chi connectivity index (χ0v) is 15.9. The quantitative estimate of drug-likeness (QED) is 0.282. The van der Waals surface area contributed by atoms with E-state index in [0.29, 0.717) is 5.56 Å². The van der Waals surface area contributed by atoms with Crippen LogP contribution in [-0.2, 0) is 4.79 Å². The van der Waals surface area contributed by atoms with Crippen molar-refractivity contribution in [2.45, 2.75) is 12.8 Å². The van der Waals surface area contributed by atoms with E-state index < -0.39 is 0 Å². The van der Waals surface area contributed by atoms with E-state index in [1.165, 1.54) is 4.70 Å². The lowest BCUT2D eigenvalue weighted by Gasteiger charge is -2.03. The van der Waals surface area contributed by atoms with Crippen LogP contribution in [0.2, 0.25) is 0 Å². The van der Waals surface area contributed by atoms with E-state index >= 15 is 0 Å². The summed E-state index contributed by atoms with van der Waals surface area (Å²) in [5.74, 6) is -0.321. The van der Waals surface area contributed by atoms with Gasteiger partial charge in [-0.3, -0.25) is 9.59 Å². The molecule has 0 atom stereocenters. The zero-order valence-electron chi connectivity index (χ0n) is 15.1. The molecule has 0 fully saturated rings. The fourth-order valence-electron chi connectivity index (χ4n) is 3.06. The smallest absolute Gasteiger partial charge is 0.240 e. The standard InChI is InChI=1S/C23H18N2O2S/c26-21(18-10-9-16-5-1-2-6-17(16)13-18)11-12-23(27)25-24-14-19-15-28-22-8-4-3-7-20(19)22/h1-10,13-15H,11-12H2,(H,25,27)/b24-14+. The van der Waals surface area contributed by atoms with E-state index in [1.807, 2.05) is 72.1 Å². The van der Waals surface area contributed by atoms with E-state index in [4.69, 9.17) is 0 Å². The van der Waals surface area contributed by atoms with Gasteiger partial charge in [0, 0.05) is 39.4 Å². The van der Waals surface area contributed by atoms with Crippen molar-refractivity contribution in [2.75, 3.05) is 0 Å². The van der Waals surface area contributed by atoms with Crippen LogP contribution in [0.4, 0.5) is 0 Å². The molecule has 4 aromatic rings. The Hall–Kier alpha value is -3.31. The molecule has 3 aromatic carbocycles. The third-order valence-electron chi connectivity index (χ3n) is 4.55. The second kappa shape index (κ2) is 8.15. The number of carbonyl (C=O) groups is 2. The molecule has 1 heterocycles. The molecule has 0 aliphatic rings. The summed E-state index contributed by atoms with van der Waals surface area (Å²) < 4.78 is 1.18. The van der Waals surface area contributed by atoms with E-state index in [1.54, 1.807) is 17.6 Å². The Labute approximate surface area is 166 Å². The second-order valence-electron chi connectivity index (χ2n) is 6.47. The second-order valence-corrected chi connectivity index (χ2v) is 7.38. The maximum absolute atomic E-state index is 12.4. The van der Waals surface area contributed by atoms with Crippen LogP contribution in [0.5, 0.6) is 0 Å². The molecule has 0 bridgehead atoms. The summed E-state index contributed by atoms with van der Waals surface area (Å²) in [7, 11) is 0. The molecular weight excluding hydrogens is 368 g/mol. The lowest BCUT2D eigenvalue weighted by Crippen LogP contribution is -2.18. The first kappa shape index (κ1) is 18.1. The topological polar surface area (TPSA) is 58.5 Å². The molecule has 1 N–H and O–H groups in total. The molecule has 0 saturated heterocycles. The Kier molecular flexibility index (Phi) is 5.26. The van der Waals surface area contributed by atoms with Crippen molar-refractivity contribution in [1.82, 2.24) is 5.43 Å². The molecule has 28 heavy (non-hydrogen) atoms. The van der Waals surface area contributed by atoms with Gasteiger partial charge in [0.05, 0.1) is 6.21 Å². The van der Waals surface area contributed by atoms with E-state index in [-0.39, 0.29) is 24.5 Å². The molecule has 5 heteroatoms. The van der Waals surface area contributed by atoms with Crippen molar-refractivity contribution in [2.24, 2.45) is 5.10 Å². The molecule has 0 aliphatic heterocycles. The number of nitrogens with one attached hydrogen (secondary N) is 1. The van der Waals surface area contributed by atoms with E-state index in [0.717, 1.165) is 21.7 Å². The molecule has 0 aliphatic carbocycles. The molecule has 0 unspecified atom stereocenters. The van der Waals surface area contributed by atoms with Crippen LogP contribution in [0, 0.1) is 0 Å². The molecule has 1 aromatic heterocycles. The van der Waals surface area contributed by atoms with Gasteiger partial charge in [-0.1, -0.05) is 54.6 Å². The molecule has 4 rings (SSSR count). The van der Waals surface area contributed by atoms with Gasteiger partial charge in [-0.15, -0.1) is 11.3 Å². The number of fused-ring (bicyclic) bond motifs is 2. The average molecular weight is 386 g/mol. The van der Waals surface area contributed by atoms with Gasteiger partial charge in [0.25, 0.3) is 0 Å². The number of thiophene rings is 1. The Morgan fingerprint density at radius 2 is 1.71 bits per heavy atom. The fourth-order valence-corrected chi connectivity index (χ4v) is 3.97. The maximum Gasteiger partial charge on any atom is 0.240 e. The van der Waals surface area contributed by atoms with Gasteiger partial charge < -0.3 is 0 Å². The van der Waals surface area contributed by atoms with Crippen LogP contribution in [0.25, 0.3) is 20.9 Å². The minimum atomic E-state index is -0.273. The molecular formula is C23H18N2O2S. The predicted octanol–water partition coefficient (Wildman–Crippen LogP) is 5.17. The third-order valence-corrected chi connectivity index (χ3v) is 5.54. The van der Waals surface area contributed by atoms with E-state index in [2.05, 4.69) is 10.5 Å². The summed E-state index contributed by atoms with van der Waals surface area (Å²) in [5.41, 5.74) is 4.10. The first-order valence-electron chi connectivity index (χ1n) is 9.01. The minimum absolute atomic E-state index is 0.0475. The summed E-state index contributed by atoms with van der Waals surface area (Å²) in [6.07, 6.45) is 1.90. The Bertz CT molecular complexity index is 1190. The van der Waals surface area contributed by atoms with Crippen LogP contribution in [0.15, 0.2) is 77.2 Å². The minimum Gasteiger partial charge on any atom is -0.294 e. The zero-order chi connectivity index (χ0) is 19.3. The highest BCUT2D eigenvalue weighted by molar-refractivity contribution is 7.17. The van der Waals surface area contributed by atoms with Crippen molar-refractivity contribution < 1.29 is 9.59 Å². The van der Waals surface area contributed by atoms with Gasteiger partial charge in [-0.2, -0.15) is 5.10 Å². The lowest BCUT2D eigenvalue weighted by molar-refractivity contribution is -0.121. The van der Waals surface area contributed by atoms with Crippen LogP contribution >= 0.6 is 11.3 Å². The van der Waals surface area contributed by atoms with Gasteiger partial charge in [-0.25, -0.2) is 5.43 Å². The number of nitrogens with zero attached hydrogens (tertiary/aromatic N) is 1. The number of benzene rings is 3. The highest BCUT2D eigenvalue weighted by atomic mass is 32.1. The Morgan fingerprint density at radius 3 is 2.61 bits per heavy atom. The Morgan fingerprint density at radius 1 is 0.929 bits per heavy atom. The number of carbonyl (C=O) groups excluding carboxylic acids is 2. The maximum atomic E-state index is 12.4. The SMILES string of the molecule is O=C(CCC(=O)c1ccc2ccccc2c1)N/N=C/c1csc2ccccc12. The molecule has 4 nitrogen and oxygen atoms in total. The number of amides is 1. The number of ketones is 1. The van der Waals surface area contributed by atoms with Crippen molar-refractivity contribution in [1.29, 1.82) is 0 Å². The number of hydrogen-bond donors (Lipinski definition) is 1.